The molecule has 0 heterocycles. The van der Waals surface area contributed by atoms with Crippen molar-refractivity contribution in [3.8, 4) is 0 Å². The van der Waals surface area contributed by atoms with Crippen LogP contribution < -0.4 is 0 Å². The van der Waals surface area contributed by atoms with Crippen molar-refractivity contribution in [2.75, 3.05) is 0 Å². The highest BCUT2D eigenvalue weighted by atomic mass is 19.4. The lowest BCUT2D eigenvalue weighted by Crippen LogP contribution is -2.14. The van der Waals surface area contributed by atoms with Gasteiger partial charge in [-0.2, -0.15) is 13.2 Å². The minimum atomic E-state index is -4.34. The van der Waals surface area contributed by atoms with Crippen LogP contribution in [0.1, 0.15) is 34.3 Å². The Labute approximate surface area is 120 Å². The standard InChI is InChI=1S/C17H13F3O/c18-17(19,20)13-8-5-12(6-9-13)15-10-7-11-3-1-2-4-14(11)16(15)21/h1-10,15-16,21H/t15-,16?/m1/s1. The normalized spacial score (nSPS) is 21.1. The highest BCUT2D eigenvalue weighted by Gasteiger charge is 2.31. The first-order chi connectivity index (χ1) is 9.97. The van der Waals surface area contributed by atoms with E-state index < -0.39 is 17.8 Å². The Morgan fingerprint density at radius 2 is 1.57 bits per heavy atom. The van der Waals surface area contributed by atoms with Crippen LogP contribution >= 0.6 is 0 Å². The molecule has 1 N–H and O–H groups in total. The molecule has 0 aromatic heterocycles. The van der Waals surface area contributed by atoms with E-state index in [4.69, 9.17) is 0 Å². The van der Waals surface area contributed by atoms with Gasteiger partial charge in [0.25, 0.3) is 0 Å². The molecule has 3 rings (SSSR count). The van der Waals surface area contributed by atoms with Crippen LogP contribution in [0, 0.1) is 0 Å². The van der Waals surface area contributed by atoms with Crippen LogP contribution in [-0.4, -0.2) is 5.11 Å². The lowest BCUT2D eigenvalue weighted by Gasteiger charge is -2.26. The molecule has 2 aromatic rings. The number of alkyl halides is 3. The van der Waals surface area contributed by atoms with Crippen LogP contribution in [0.3, 0.4) is 0 Å². The van der Waals surface area contributed by atoms with Crippen molar-refractivity contribution in [1.82, 2.24) is 0 Å². The molecule has 21 heavy (non-hydrogen) atoms. The maximum Gasteiger partial charge on any atom is 0.416 e. The monoisotopic (exact) mass is 290 g/mol. The largest absolute Gasteiger partial charge is 0.416 e. The number of halogens is 3. The van der Waals surface area contributed by atoms with Gasteiger partial charge in [-0.25, -0.2) is 0 Å². The van der Waals surface area contributed by atoms with Gasteiger partial charge in [0, 0.05) is 5.92 Å². The maximum atomic E-state index is 12.6. The van der Waals surface area contributed by atoms with E-state index in [0.29, 0.717) is 5.56 Å². The summed E-state index contributed by atoms with van der Waals surface area (Å²) in [5.74, 6) is -0.331. The molecule has 0 saturated heterocycles. The first kappa shape index (κ1) is 13.9. The van der Waals surface area contributed by atoms with E-state index in [1.54, 1.807) is 0 Å². The van der Waals surface area contributed by atoms with Crippen molar-refractivity contribution in [2.24, 2.45) is 0 Å². The molecular formula is C17H13F3O. The average molecular weight is 290 g/mol. The van der Waals surface area contributed by atoms with Gasteiger partial charge in [-0.1, -0.05) is 48.6 Å². The number of rotatable bonds is 1. The SMILES string of the molecule is OC1c2ccccc2C=C[C@@H]1c1ccc(C(F)(F)F)cc1. The first-order valence-corrected chi connectivity index (χ1v) is 6.59. The molecule has 0 fully saturated rings. The fraction of sp³-hybridized carbons (Fsp3) is 0.176. The molecule has 2 atom stereocenters. The predicted octanol–water partition coefficient (Wildman–Crippen LogP) is 4.55. The summed E-state index contributed by atoms with van der Waals surface area (Å²) >= 11 is 0. The van der Waals surface area contributed by atoms with Crippen molar-refractivity contribution in [3.63, 3.8) is 0 Å². The number of aliphatic hydroxyl groups is 1. The van der Waals surface area contributed by atoms with Crippen LogP contribution in [-0.2, 0) is 6.18 Å². The highest BCUT2D eigenvalue weighted by molar-refractivity contribution is 5.60. The molecule has 0 aliphatic heterocycles. The molecule has 0 radical (unpaired) electrons. The van der Waals surface area contributed by atoms with E-state index in [1.165, 1.54) is 12.1 Å². The van der Waals surface area contributed by atoms with Gasteiger partial charge in [0.05, 0.1) is 11.7 Å². The molecular weight excluding hydrogens is 277 g/mol. The third-order valence-electron chi connectivity index (χ3n) is 3.76. The molecule has 0 bridgehead atoms. The minimum Gasteiger partial charge on any atom is -0.387 e. The lowest BCUT2D eigenvalue weighted by atomic mass is 9.82. The molecule has 2 aromatic carbocycles. The van der Waals surface area contributed by atoms with Crippen LogP contribution in [0.15, 0.2) is 54.6 Å². The number of benzene rings is 2. The van der Waals surface area contributed by atoms with Gasteiger partial charge in [0.15, 0.2) is 0 Å². The van der Waals surface area contributed by atoms with Gasteiger partial charge < -0.3 is 5.11 Å². The molecule has 0 amide bonds. The second-order valence-electron chi connectivity index (χ2n) is 5.08. The Kier molecular flexibility index (Phi) is 3.33. The number of hydrogen-bond donors (Lipinski definition) is 1. The lowest BCUT2D eigenvalue weighted by molar-refractivity contribution is -0.137. The van der Waals surface area contributed by atoms with E-state index in [0.717, 1.165) is 23.3 Å². The molecule has 1 nitrogen and oxygen atoms in total. The van der Waals surface area contributed by atoms with Crippen LogP contribution in [0.5, 0.6) is 0 Å². The third-order valence-corrected chi connectivity index (χ3v) is 3.76. The zero-order valence-corrected chi connectivity index (χ0v) is 11.0. The van der Waals surface area contributed by atoms with E-state index >= 15 is 0 Å². The molecule has 0 spiro atoms. The van der Waals surface area contributed by atoms with Crippen LogP contribution in [0.2, 0.25) is 0 Å². The predicted molar refractivity (Wildman–Crippen MR) is 74.6 cm³/mol. The molecule has 1 unspecified atom stereocenters. The summed E-state index contributed by atoms with van der Waals surface area (Å²) in [5.41, 5.74) is 1.72. The summed E-state index contributed by atoms with van der Waals surface area (Å²) in [4.78, 5) is 0. The third kappa shape index (κ3) is 2.59. The van der Waals surface area contributed by atoms with E-state index in [2.05, 4.69) is 0 Å². The van der Waals surface area contributed by atoms with Crippen molar-refractivity contribution < 1.29 is 18.3 Å². The second-order valence-corrected chi connectivity index (χ2v) is 5.08. The van der Waals surface area contributed by atoms with Gasteiger partial charge >= 0.3 is 6.18 Å². The quantitative estimate of drug-likeness (QED) is 0.817. The van der Waals surface area contributed by atoms with Gasteiger partial charge in [-0.3, -0.25) is 0 Å². The minimum absolute atomic E-state index is 0.331. The summed E-state index contributed by atoms with van der Waals surface area (Å²) in [6, 6.07) is 12.4. The fourth-order valence-corrected chi connectivity index (χ4v) is 2.63. The van der Waals surface area contributed by atoms with Crippen molar-refractivity contribution in [1.29, 1.82) is 0 Å². The molecule has 1 aliphatic rings. The molecule has 1 aliphatic carbocycles. The van der Waals surface area contributed by atoms with E-state index in [1.807, 2.05) is 36.4 Å². The maximum absolute atomic E-state index is 12.6. The van der Waals surface area contributed by atoms with Crippen molar-refractivity contribution in [3.05, 3.63) is 76.9 Å². The first-order valence-electron chi connectivity index (χ1n) is 6.59. The molecule has 4 heteroatoms. The van der Waals surface area contributed by atoms with Gasteiger partial charge in [-0.15, -0.1) is 0 Å². The van der Waals surface area contributed by atoms with E-state index in [-0.39, 0.29) is 5.92 Å². The molecule has 0 saturated carbocycles. The van der Waals surface area contributed by atoms with Crippen LogP contribution in [0.4, 0.5) is 13.2 Å². The Morgan fingerprint density at radius 3 is 2.24 bits per heavy atom. The number of hydrogen-bond acceptors (Lipinski definition) is 1. The summed E-state index contributed by atoms with van der Waals surface area (Å²) in [6.07, 6.45) is -1.37. The second kappa shape index (κ2) is 5.04. The van der Waals surface area contributed by atoms with Crippen molar-refractivity contribution in [2.45, 2.75) is 18.2 Å². The summed E-state index contributed by atoms with van der Waals surface area (Å²) < 4.78 is 37.7. The number of aliphatic hydroxyl groups excluding tert-OH is 1. The average Bonchev–Trinajstić information content (AvgIpc) is 2.47. The summed E-state index contributed by atoms with van der Waals surface area (Å²) in [6.45, 7) is 0. The fourth-order valence-electron chi connectivity index (χ4n) is 2.63. The highest BCUT2D eigenvalue weighted by Crippen LogP contribution is 2.39. The Hall–Kier alpha value is -2.07. The van der Waals surface area contributed by atoms with E-state index in [9.17, 15) is 18.3 Å². The summed E-state index contributed by atoms with van der Waals surface area (Å²) in [7, 11) is 0. The van der Waals surface area contributed by atoms with Gasteiger partial charge in [0.1, 0.15) is 0 Å². The summed E-state index contributed by atoms with van der Waals surface area (Å²) in [5, 5.41) is 10.4. The molecule has 108 valence electrons. The Morgan fingerprint density at radius 1 is 0.905 bits per heavy atom. The zero-order valence-electron chi connectivity index (χ0n) is 11.0. The Balaban J connectivity index is 1.92. The van der Waals surface area contributed by atoms with Gasteiger partial charge in [-0.05, 0) is 28.8 Å². The smallest absolute Gasteiger partial charge is 0.387 e. The van der Waals surface area contributed by atoms with Gasteiger partial charge in [0.2, 0.25) is 0 Å². The number of fused-ring (bicyclic) bond motifs is 1. The van der Waals surface area contributed by atoms with Crippen LogP contribution in [0.25, 0.3) is 6.08 Å². The topological polar surface area (TPSA) is 20.2 Å². The Bertz CT molecular complexity index is 671. The zero-order chi connectivity index (χ0) is 15.0. The van der Waals surface area contributed by atoms with Crippen molar-refractivity contribution >= 4 is 6.08 Å².